The molecule has 18 heavy (non-hydrogen) atoms. The van der Waals surface area contributed by atoms with E-state index in [1.54, 1.807) is 0 Å². The van der Waals surface area contributed by atoms with Gasteiger partial charge in [-0.05, 0) is 25.3 Å². The van der Waals surface area contributed by atoms with E-state index < -0.39 is 5.82 Å². The molecular formula is C12H17ClFN3O. The second-order valence-electron chi connectivity index (χ2n) is 4.43. The van der Waals surface area contributed by atoms with Crippen LogP contribution in [0.25, 0.3) is 0 Å². The Morgan fingerprint density at radius 2 is 2.17 bits per heavy atom. The molecule has 0 bridgehead atoms. The van der Waals surface area contributed by atoms with Crippen molar-refractivity contribution < 1.29 is 9.13 Å². The van der Waals surface area contributed by atoms with Crippen LogP contribution in [0.2, 0.25) is 5.02 Å². The summed E-state index contributed by atoms with van der Waals surface area (Å²) in [5.74, 6) is -0.607. The quantitative estimate of drug-likeness (QED) is 0.740. The van der Waals surface area contributed by atoms with E-state index in [-0.39, 0.29) is 28.2 Å². The van der Waals surface area contributed by atoms with Crippen molar-refractivity contribution in [1.82, 2.24) is 0 Å². The highest BCUT2D eigenvalue weighted by molar-refractivity contribution is 6.33. The first kappa shape index (κ1) is 13.2. The van der Waals surface area contributed by atoms with Crippen molar-refractivity contribution in [2.24, 2.45) is 0 Å². The van der Waals surface area contributed by atoms with Crippen LogP contribution < -0.4 is 16.8 Å². The van der Waals surface area contributed by atoms with Crippen molar-refractivity contribution in [3.8, 4) is 0 Å². The van der Waals surface area contributed by atoms with Gasteiger partial charge in [-0.2, -0.15) is 0 Å². The van der Waals surface area contributed by atoms with E-state index in [9.17, 15) is 4.39 Å². The lowest BCUT2D eigenvalue weighted by Crippen LogP contribution is -2.27. The first-order valence-electron chi connectivity index (χ1n) is 5.98. The molecule has 4 nitrogen and oxygen atoms in total. The van der Waals surface area contributed by atoms with Crippen LogP contribution in [0.3, 0.4) is 0 Å². The molecule has 1 fully saturated rings. The summed E-state index contributed by atoms with van der Waals surface area (Å²) in [5.41, 5.74) is 11.8. The molecule has 5 N–H and O–H groups in total. The van der Waals surface area contributed by atoms with Crippen molar-refractivity contribution >= 4 is 28.7 Å². The zero-order valence-corrected chi connectivity index (χ0v) is 10.8. The normalized spacial score (nSPS) is 19.8. The summed E-state index contributed by atoms with van der Waals surface area (Å²) < 4.78 is 19.4. The Labute approximate surface area is 110 Å². The van der Waals surface area contributed by atoms with Gasteiger partial charge in [0.05, 0.1) is 23.2 Å². The summed E-state index contributed by atoms with van der Waals surface area (Å²) in [6, 6.07) is 1.45. The van der Waals surface area contributed by atoms with Crippen LogP contribution in [-0.2, 0) is 4.74 Å². The van der Waals surface area contributed by atoms with Gasteiger partial charge >= 0.3 is 0 Å². The summed E-state index contributed by atoms with van der Waals surface area (Å²) in [6.45, 7) is 1.27. The number of anilines is 3. The second-order valence-corrected chi connectivity index (χ2v) is 4.81. The molecule has 1 unspecified atom stereocenters. The Balaban J connectivity index is 2.06. The number of nitrogens with two attached hydrogens (primary N) is 2. The van der Waals surface area contributed by atoms with Crippen LogP contribution in [0, 0.1) is 5.82 Å². The van der Waals surface area contributed by atoms with Crippen LogP contribution in [-0.4, -0.2) is 19.3 Å². The Kier molecular flexibility index (Phi) is 4.14. The first-order chi connectivity index (χ1) is 8.59. The Morgan fingerprint density at radius 3 is 2.83 bits per heavy atom. The van der Waals surface area contributed by atoms with Gasteiger partial charge in [0.25, 0.3) is 0 Å². The van der Waals surface area contributed by atoms with E-state index in [0.717, 1.165) is 25.9 Å². The molecule has 6 heteroatoms. The van der Waals surface area contributed by atoms with Crippen LogP contribution in [0.1, 0.15) is 19.3 Å². The van der Waals surface area contributed by atoms with Gasteiger partial charge in [0.15, 0.2) is 5.82 Å². The zero-order valence-electron chi connectivity index (χ0n) is 10.0. The first-order valence-corrected chi connectivity index (χ1v) is 6.36. The SMILES string of the molecule is Nc1cc(N)c(NCC2CCCCO2)c(F)c1Cl. The van der Waals surface area contributed by atoms with Gasteiger partial charge in [0.1, 0.15) is 5.02 Å². The van der Waals surface area contributed by atoms with Crippen molar-refractivity contribution in [2.75, 3.05) is 29.9 Å². The van der Waals surface area contributed by atoms with Crippen LogP contribution in [0.5, 0.6) is 0 Å². The zero-order chi connectivity index (χ0) is 13.1. The van der Waals surface area contributed by atoms with Crippen LogP contribution >= 0.6 is 11.6 Å². The molecule has 0 aromatic heterocycles. The third kappa shape index (κ3) is 2.79. The predicted octanol–water partition coefficient (Wildman–Crippen LogP) is 2.62. The Hall–Kier alpha value is -1.20. The van der Waals surface area contributed by atoms with Gasteiger partial charge in [-0.25, -0.2) is 4.39 Å². The van der Waals surface area contributed by atoms with Crippen LogP contribution in [0.4, 0.5) is 21.5 Å². The number of benzene rings is 1. The van der Waals surface area contributed by atoms with Gasteiger partial charge in [-0.1, -0.05) is 11.6 Å². The van der Waals surface area contributed by atoms with E-state index in [1.807, 2.05) is 0 Å². The minimum atomic E-state index is -0.607. The molecule has 1 aromatic rings. The van der Waals surface area contributed by atoms with Gasteiger partial charge in [-0.15, -0.1) is 0 Å². The summed E-state index contributed by atoms with van der Waals surface area (Å²) in [6.07, 6.45) is 3.28. The fourth-order valence-electron chi connectivity index (χ4n) is 2.03. The maximum absolute atomic E-state index is 13.9. The molecule has 0 radical (unpaired) electrons. The molecule has 1 heterocycles. The Morgan fingerprint density at radius 1 is 1.39 bits per heavy atom. The molecule has 1 aliphatic heterocycles. The van der Waals surface area contributed by atoms with E-state index in [1.165, 1.54) is 6.07 Å². The molecule has 0 spiro atoms. The highest BCUT2D eigenvalue weighted by Crippen LogP contribution is 2.33. The number of hydrogen-bond donors (Lipinski definition) is 3. The maximum Gasteiger partial charge on any atom is 0.169 e. The molecular weight excluding hydrogens is 257 g/mol. The van der Waals surface area contributed by atoms with Gasteiger partial charge in [0.2, 0.25) is 0 Å². The van der Waals surface area contributed by atoms with Gasteiger partial charge < -0.3 is 21.5 Å². The highest BCUT2D eigenvalue weighted by atomic mass is 35.5. The fourth-order valence-corrected chi connectivity index (χ4v) is 2.18. The van der Waals surface area contributed by atoms with E-state index in [4.69, 9.17) is 27.8 Å². The highest BCUT2D eigenvalue weighted by Gasteiger charge is 2.17. The number of nitrogen functional groups attached to an aromatic ring is 2. The summed E-state index contributed by atoms with van der Waals surface area (Å²) in [5, 5.41) is 2.85. The predicted molar refractivity (Wildman–Crippen MR) is 72.3 cm³/mol. The number of halogens is 2. The summed E-state index contributed by atoms with van der Waals surface area (Å²) >= 11 is 5.75. The molecule has 1 saturated heterocycles. The number of ether oxygens (including phenoxy) is 1. The smallest absolute Gasteiger partial charge is 0.169 e. The third-order valence-corrected chi connectivity index (χ3v) is 3.43. The monoisotopic (exact) mass is 273 g/mol. The van der Waals surface area contributed by atoms with E-state index >= 15 is 0 Å². The Bertz CT molecular complexity index is 436. The average molecular weight is 274 g/mol. The minimum absolute atomic E-state index is 0.0916. The number of nitrogens with one attached hydrogen (secondary N) is 1. The average Bonchev–Trinajstić information content (AvgIpc) is 2.37. The van der Waals surface area contributed by atoms with Crippen molar-refractivity contribution in [3.63, 3.8) is 0 Å². The van der Waals surface area contributed by atoms with Crippen molar-refractivity contribution in [3.05, 3.63) is 16.9 Å². The minimum Gasteiger partial charge on any atom is -0.397 e. The second kappa shape index (κ2) is 5.63. The molecule has 1 aliphatic rings. The standard InChI is InChI=1S/C12H17ClFN3O/c13-10-8(15)5-9(16)12(11(10)14)17-6-7-3-1-2-4-18-7/h5,7,17H,1-4,6,15-16H2. The molecule has 1 atom stereocenters. The fraction of sp³-hybridized carbons (Fsp3) is 0.500. The largest absolute Gasteiger partial charge is 0.397 e. The molecule has 0 amide bonds. The molecule has 1 aromatic carbocycles. The number of hydrogen-bond acceptors (Lipinski definition) is 4. The van der Waals surface area contributed by atoms with Crippen molar-refractivity contribution in [1.29, 1.82) is 0 Å². The van der Waals surface area contributed by atoms with Crippen molar-refractivity contribution in [2.45, 2.75) is 25.4 Å². The van der Waals surface area contributed by atoms with Crippen LogP contribution in [0.15, 0.2) is 6.07 Å². The van der Waals surface area contributed by atoms with E-state index in [2.05, 4.69) is 5.32 Å². The molecule has 2 rings (SSSR count). The van der Waals surface area contributed by atoms with E-state index in [0.29, 0.717) is 6.54 Å². The van der Waals surface area contributed by atoms with Gasteiger partial charge in [0, 0.05) is 13.2 Å². The lowest BCUT2D eigenvalue weighted by molar-refractivity contribution is 0.0247. The maximum atomic E-state index is 13.9. The third-order valence-electron chi connectivity index (χ3n) is 3.05. The summed E-state index contributed by atoms with van der Waals surface area (Å²) in [4.78, 5) is 0. The summed E-state index contributed by atoms with van der Waals surface area (Å²) in [7, 11) is 0. The topological polar surface area (TPSA) is 73.3 Å². The molecule has 100 valence electrons. The number of rotatable bonds is 3. The molecule has 0 saturated carbocycles. The lowest BCUT2D eigenvalue weighted by atomic mass is 10.1. The lowest BCUT2D eigenvalue weighted by Gasteiger charge is -2.24. The van der Waals surface area contributed by atoms with Gasteiger partial charge in [-0.3, -0.25) is 0 Å². The molecule has 0 aliphatic carbocycles.